The maximum Gasteiger partial charge on any atom is 0.339 e. The van der Waals surface area contributed by atoms with Gasteiger partial charge in [0.1, 0.15) is 5.75 Å². The van der Waals surface area contributed by atoms with Gasteiger partial charge in [0.25, 0.3) is 5.91 Å². The van der Waals surface area contributed by atoms with Crippen molar-refractivity contribution in [3.8, 4) is 5.75 Å². The molecule has 25 heavy (non-hydrogen) atoms. The number of phenolic OH excluding ortho intramolecular Hbond substituents is 1. The van der Waals surface area contributed by atoms with Crippen molar-refractivity contribution in [1.29, 1.82) is 0 Å². The smallest absolute Gasteiger partial charge is 0.339 e. The van der Waals surface area contributed by atoms with Crippen molar-refractivity contribution in [2.45, 2.75) is 38.3 Å². The molecule has 2 unspecified atom stereocenters. The number of phenols is 1. The number of nitrogens with one attached hydrogen (secondary N) is 1. The molecule has 1 aliphatic carbocycles. The van der Waals surface area contributed by atoms with Gasteiger partial charge in [0.15, 0.2) is 6.10 Å². The van der Waals surface area contributed by atoms with Gasteiger partial charge in [-0.2, -0.15) is 0 Å². The molecule has 0 saturated carbocycles. The van der Waals surface area contributed by atoms with E-state index in [0.29, 0.717) is 0 Å². The van der Waals surface area contributed by atoms with Crippen LogP contribution in [0.5, 0.6) is 5.75 Å². The standard InChI is InChI=1S/C20H21NO4/c1-13(25-20(24)15-8-4-9-16(22)12-15)19(23)21-18-11-5-7-14-6-2-3-10-17(14)18/h2-4,6,8-10,12-13,18,22H,5,7,11H2,1H3,(H,21,23). The van der Waals surface area contributed by atoms with E-state index in [1.54, 1.807) is 13.0 Å². The van der Waals surface area contributed by atoms with Crippen LogP contribution < -0.4 is 5.32 Å². The van der Waals surface area contributed by atoms with Gasteiger partial charge in [-0.1, -0.05) is 30.3 Å². The zero-order valence-corrected chi connectivity index (χ0v) is 14.1. The van der Waals surface area contributed by atoms with Gasteiger partial charge in [0, 0.05) is 0 Å². The number of benzene rings is 2. The summed E-state index contributed by atoms with van der Waals surface area (Å²) in [5.74, 6) is -0.983. The first kappa shape index (κ1) is 17.0. The Morgan fingerprint density at radius 3 is 2.80 bits per heavy atom. The molecule has 0 radical (unpaired) electrons. The average molecular weight is 339 g/mol. The molecule has 5 nitrogen and oxygen atoms in total. The van der Waals surface area contributed by atoms with Gasteiger partial charge in [0.2, 0.25) is 0 Å². The minimum absolute atomic E-state index is 0.0228. The lowest BCUT2D eigenvalue weighted by Crippen LogP contribution is -2.39. The summed E-state index contributed by atoms with van der Waals surface area (Å²) >= 11 is 0. The highest BCUT2D eigenvalue weighted by atomic mass is 16.5. The number of aromatic hydroxyl groups is 1. The Labute approximate surface area is 146 Å². The number of amides is 1. The minimum atomic E-state index is -0.913. The van der Waals surface area contributed by atoms with Crippen molar-refractivity contribution in [3.63, 3.8) is 0 Å². The summed E-state index contributed by atoms with van der Waals surface area (Å²) in [7, 11) is 0. The van der Waals surface area contributed by atoms with Crippen LogP contribution in [0.4, 0.5) is 0 Å². The van der Waals surface area contributed by atoms with Crippen molar-refractivity contribution in [1.82, 2.24) is 5.32 Å². The monoisotopic (exact) mass is 339 g/mol. The number of fused-ring (bicyclic) bond motifs is 1. The number of hydrogen-bond acceptors (Lipinski definition) is 4. The summed E-state index contributed by atoms with van der Waals surface area (Å²) in [5.41, 5.74) is 2.60. The van der Waals surface area contributed by atoms with Gasteiger partial charge in [0.05, 0.1) is 11.6 Å². The van der Waals surface area contributed by atoms with Crippen LogP contribution in [0.1, 0.15) is 47.3 Å². The molecule has 2 N–H and O–H groups in total. The Balaban J connectivity index is 1.63. The van der Waals surface area contributed by atoms with E-state index in [0.717, 1.165) is 24.8 Å². The molecule has 1 aliphatic rings. The van der Waals surface area contributed by atoms with Gasteiger partial charge >= 0.3 is 5.97 Å². The summed E-state index contributed by atoms with van der Waals surface area (Å²) in [6.07, 6.45) is 1.99. The van der Waals surface area contributed by atoms with Gasteiger partial charge in [-0.05, 0) is 55.5 Å². The Morgan fingerprint density at radius 1 is 1.20 bits per heavy atom. The highest BCUT2D eigenvalue weighted by Gasteiger charge is 2.25. The fourth-order valence-electron chi connectivity index (χ4n) is 3.11. The fourth-order valence-corrected chi connectivity index (χ4v) is 3.11. The van der Waals surface area contributed by atoms with Crippen LogP contribution in [0, 0.1) is 0 Å². The third-order valence-electron chi connectivity index (χ3n) is 4.42. The highest BCUT2D eigenvalue weighted by molar-refractivity contribution is 5.92. The molecule has 0 saturated heterocycles. The maximum absolute atomic E-state index is 12.4. The molecule has 0 spiro atoms. The largest absolute Gasteiger partial charge is 0.508 e. The van der Waals surface area contributed by atoms with E-state index in [4.69, 9.17) is 4.74 Å². The van der Waals surface area contributed by atoms with Crippen LogP contribution in [-0.4, -0.2) is 23.1 Å². The molecular weight excluding hydrogens is 318 g/mol. The summed E-state index contributed by atoms with van der Waals surface area (Å²) in [4.78, 5) is 24.5. The highest BCUT2D eigenvalue weighted by Crippen LogP contribution is 2.29. The van der Waals surface area contributed by atoms with Gasteiger partial charge in [-0.3, -0.25) is 4.79 Å². The molecule has 2 aromatic rings. The van der Waals surface area contributed by atoms with Crippen LogP contribution in [0.15, 0.2) is 48.5 Å². The van der Waals surface area contributed by atoms with E-state index in [1.807, 2.05) is 18.2 Å². The van der Waals surface area contributed by atoms with E-state index in [1.165, 1.54) is 23.8 Å². The Kier molecular flexibility index (Phi) is 5.03. The van der Waals surface area contributed by atoms with Gasteiger partial charge in [-0.15, -0.1) is 0 Å². The molecule has 5 heteroatoms. The fraction of sp³-hybridized carbons (Fsp3) is 0.300. The van der Waals surface area contributed by atoms with E-state index in [-0.39, 0.29) is 23.3 Å². The molecule has 3 rings (SSSR count). The van der Waals surface area contributed by atoms with Crippen LogP contribution in [0.3, 0.4) is 0 Å². The second-order valence-corrected chi connectivity index (χ2v) is 6.25. The quantitative estimate of drug-likeness (QED) is 0.839. The predicted octanol–water partition coefficient (Wildman–Crippen LogP) is 3.13. The van der Waals surface area contributed by atoms with Crippen LogP contribution >= 0.6 is 0 Å². The Morgan fingerprint density at radius 2 is 2.00 bits per heavy atom. The normalized spacial score (nSPS) is 17.2. The second kappa shape index (κ2) is 7.38. The van der Waals surface area contributed by atoms with Crippen molar-refractivity contribution in [2.75, 3.05) is 0 Å². The Hall–Kier alpha value is -2.82. The first-order chi connectivity index (χ1) is 12.0. The SMILES string of the molecule is CC(OC(=O)c1cccc(O)c1)C(=O)NC1CCCc2ccccc21. The zero-order valence-electron chi connectivity index (χ0n) is 14.1. The zero-order chi connectivity index (χ0) is 17.8. The molecule has 0 heterocycles. The molecule has 0 aliphatic heterocycles. The summed E-state index contributed by atoms with van der Waals surface area (Å²) in [6, 6.07) is 13.9. The molecule has 2 atom stereocenters. The number of esters is 1. The molecule has 130 valence electrons. The number of ether oxygens (including phenoxy) is 1. The van der Waals surface area contributed by atoms with Crippen molar-refractivity contribution < 1.29 is 19.4 Å². The first-order valence-corrected chi connectivity index (χ1v) is 8.43. The number of aryl methyl sites for hydroxylation is 1. The molecule has 0 fully saturated rings. The van der Waals surface area contributed by atoms with Crippen LogP contribution in [0.25, 0.3) is 0 Å². The van der Waals surface area contributed by atoms with E-state index >= 15 is 0 Å². The third-order valence-corrected chi connectivity index (χ3v) is 4.42. The topological polar surface area (TPSA) is 75.6 Å². The van der Waals surface area contributed by atoms with E-state index < -0.39 is 12.1 Å². The van der Waals surface area contributed by atoms with Crippen LogP contribution in [0.2, 0.25) is 0 Å². The predicted molar refractivity (Wildman–Crippen MR) is 93.2 cm³/mol. The van der Waals surface area contributed by atoms with E-state index in [2.05, 4.69) is 11.4 Å². The molecule has 2 aromatic carbocycles. The van der Waals surface area contributed by atoms with Crippen molar-refractivity contribution in [2.24, 2.45) is 0 Å². The average Bonchev–Trinajstić information content (AvgIpc) is 2.62. The molecule has 0 bridgehead atoms. The van der Waals surface area contributed by atoms with Crippen LogP contribution in [-0.2, 0) is 16.0 Å². The van der Waals surface area contributed by atoms with Crippen molar-refractivity contribution in [3.05, 3.63) is 65.2 Å². The second-order valence-electron chi connectivity index (χ2n) is 6.25. The van der Waals surface area contributed by atoms with E-state index in [9.17, 15) is 14.7 Å². The third kappa shape index (κ3) is 3.99. The first-order valence-electron chi connectivity index (χ1n) is 8.43. The summed E-state index contributed by atoms with van der Waals surface area (Å²) < 4.78 is 5.22. The summed E-state index contributed by atoms with van der Waals surface area (Å²) in [5, 5.41) is 12.4. The number of carbonyl (C=O) groups excluding carboxylic acids is 2. The molecule has 0 aromatic heterocycles. The van der Waals surface area contributed by atoms with Crippen molar-refractivity contribution >= 4 is 11.9 Å². The number of carbonyl (C=O) groups is 2. The minimum Gasteiger partial charge on any atom is -0.508 e. The molecule has 1 amide bonds. The Bertz CT molecular complexity index is 787. The summed E-state index contributed by atoms with van der Waals surface area (Å²) in [6.45, 7) is 1.55. The number of hydrogen-bond donors (Lipinski definition) is 2. The number of rotatable bonds is 4. The lowest BCUT2D eigenvalue weighted by atomic mass is 9.87. The maximum atomic E-state index is 12.4. The lowest BCUT2D eigenvalue weighted by molar-refractivity contribution is -0.130. The van der Waals surface area contributed by atoms with Gasteiger partial charge in [-0.25, -0.2) is 4.79 Å². The lowest BCUT2D eigenvalue weighted by Gasteiger charge is -2.27. The molecular formula is C20H21NO4. The van der Waals surface area contributed by atoms with Gasteiger partial charge < -0.3 is 15.2 Å².